The molecular formula is C31H48N4O8. The van der Waals surface area contributed by atoms with Gasteiger partial charge in [0.2, 0.25) is 5.91 Å². The molecule has 1 aromatic carbocycles. The Hall–Kier alpha value is -3.51. The third kappa shape index (κ3) is 13.6. The normalized spacial score (nSPS) is 15.3. The number of hydrogen-bond acceptors (Lipinski definition) is 9. The Morgan fingerprint density at radius 2 is 1.40 bits per heavy atom. The van der Waals surface area contributed by atoms with E-state index in [0.717, 1.165) is 0 Å². The summed E-state index contributed by atoms with van der Waals surface area (Å²) in [4.78, 5) is 52.2. The third-order valence-corrected chi connectivity index (χ3v) is 5.96. The molecule has 1 saturated heterocycles. The van der Waals surface area contributed by atoms with Gasteiger partial charge < -0.3 is 29.2 Å². The Labute approximate surface area is 254 Å². The Morgan fingerprint density at radius 3 is 1.91 bits per heavy atom. The SMILES string of the molecule is CC(C)(C)OC[C@H](NC(=O)c1ccc(C(=N)NC(=O)OC(C)(C)C)cc1)C(=O)N1CCC(OCC(=O)OC(C)(C)C)CC1. The van der Waals surface area contributed by atoms with Crippen LogP contribution in [0.25, 0.3) is 0 Å². The van der Waals surface area contributed by atoms with Crippen LogP contribution in [0.5, 0.6) is 0 Å². The molecule has 0 saturated carbocycles. The van der Waals surface area contributed by atoms with Crippen molar-refractivity contribution >= 4 is 29.7 Å². The zero-order chi connectivity index (χ0) is 32.6. The number of amidine groups is 1. The topological polar surface area (TPSA) is 156 Å². The van der Waals surface area contributed by atoms with Gasteiger partial charge in [-0.25, -0.2) is 9.59 Å². The van der Waals surface area contributed by atoms with Crippen LogP contribution in [-0.4, -0.2) is 89.9 Å². The molecule has 3 amide bonds. The van der Waals surface area contributed by atoms with Gasteiger partial charge in [0, 0.05) is 24.2 Å². The number of nitrogens with zero attached hydrogens (tertiary/aromatic N) is 1. The van der Waals surface area contributed by atoms with Gasteiger partial charge in [-0.3, -0.25) is 20.3 Å². The largest absolute Gasteiger partial charge is 0.458 e. The standard InChI is InChI=1S/C31H48N4O8/c1-29(2,3)41-18-23(27(38)35-16-14-22(15-17-35)40-19-24(36)42-30(4,5)6)33-26(37)21-12-10-20(11-13-21)25(32)34-28(39)43-31(7,8)9/h10-13,22-23H,14-19H2,1-9H3,(H,33,37)(H2,32,34,39)/t23-/m0/s1. The minimum absolute atomic E-state index is 0.0221. The van der Waals surface area contributed by atoms with Gasteiger partial charge in [0.1, 0.15) is 29.7 Å². The highest BCUT2D eigenvalue weighted by Crippen LogP contribution is 2.17. The molecule has 0 aromatic heterocycles. The molecule has 0 unspecified atom stereocenters. The summed E-state index contributed by atoms with van der Waals surface area (Å²) in [5, 5.41) is 13.3. The van der Waals surface area contributed by atoms with Crippen molar-refractivity contribution in [3.05, 3.63) is 35.4 Å². The number of nitrogens with one attached hydrogen (secondary N) is 3. The predicted molar refractivity (Wildman–Crippen MR) is 161 cm³/mol. The summed E-state index contributed by atoms with van der Waals surface area (Å²) < 4.78 is 22.0. The fourth-order valence-corrected chi connectivity index (χ4v) is 4.04. The van der Waals surface area contributed by atoms with Gasteiger partial charge in [0.25, 0.3) is 5.91 Å². The number of amides is 3. The molecule has 12 nitrogen and oxygen atoms in total. The Kier molecular flexibility index (Phi) is 12.3. The molecule has 43 heavy (non-hydrogen) atoms. The molecule has 2 rings (SSSR count). The van der Waals surface area contributed by atoms with Gasteiger partial charge >= 0.3 is 12.1 Å². The van der Waals surface area contributed by atoms with Gasteiger partial charge in [-0.1, -0.05) is 12.1 Å². The van der Waals surface area contributed by atoms with Crippen LogP contribution in [0.1, 0.15) is 91.1 Å². The molecule has 0 spiro atoms. The average molecular weight is 605 g/mol. The average Bonchev–Trinajstić information content (AvgIpc) is 2.87. The predicted octanol–water partition coefficient (Wildman–Crippen LogP) is 3.80. The van der Waals surface area contributed by atoms with Crippen molar-refractivity contribution in [2.24, 2.45) is 0 Å². The molecule has 240 valence electrons. The van der Waals surface area contributed by atoms with Crippen molar-refractivity contribution in [2.75, 3.05) is 26.3 Å². The Morgan fingerprint density at radius 1 is 0.860 bits per heavy atom. The van der Waals surface area contributed by atoms with Gasteiger partial charge in [0.05, 0.1) is 18.3 Å². The van der Waals surface area contributed by atoms with Gasteiger partial charge in [-0.15, -0.1) is 0 Å². The zero-order valence-electron chi connectivity index (χ0n) is 26.9. The first kappa shape index (κ1) is 35.7. The van der Waals surface area contributed by atoms with E-state index in [0.29, 0.717) is 31.5 Å². The first-order chi connectivity index (χ1) is 19.7. The van der Waals surface area contributed by atoms with E-state index >= 15 is 0 Å². The molecular weight excluding hydrogens is 556 g/mol. The lowest BCUT2D eigenvalue weighted by Gasteiger charge is -2.35. The maximum atomic E-state index is 13.5. The number of piperidine rings is 1. The first-order valence-corrected chi connectivity index (χ1v) is 14.5. The fraction of sp³-hybridized carbons (Fsp3) is 0.645. The highest BCUT2D eigenvalue weighted by molar-refractivity contribution is 6.05. The maximum absolute atomic E-state index is 13.5. The molecule has 1 aliphatic heterocycles. The second-order valence-corrected chi connectivity index (χ2v) is 13.5. The van der Waals surface area contributed by atoms with Crippen molar-refractivity contribution in [1.29, 1.82) is 5.41 Å². The van der Waals surface area contributed by atoms with Crippen LogP contribution in [-0.2, 0) is 28.5 Å². The molecule has 1 aromatic rings. The maximum Gasteiger partial charge on any atom is 0.413 e. The van der Waals surface area contributed by atoms with Crippen molar-refractivity contribution in [3.8, 4) is 0 Å². The van der Waals surface area contributed by atoms with Crippen LogP contribution >= 0.6 is 0 Å². The lowest BCUT2D eigenvalue weighted by atomic mass is 10.1. The first-order valence-electron chi connectivity index (χ1n) is 14.5. The number of carbonyl (C=O) groups is 4. The lowest BCUT2D eigenvalue weighted by molar-refractivity contribution is -0.163. The number of alkyl carbamates (subject to hydrolysis) is 1. The van der Waals surface area contributed by atoms with E-state index in [9.17, 15) is 19.2 Å². The summed E-state index contributed by atoms with van der Waals surface area (Å²) in [6.07, 6.45) is 0.149. The van der Waals surface area contributed by atoms with E-state index in [1.54, 1.807) is 46.4 Å². The van der Waals surface area contributed by atoms with Crippen LogP contribution in [0.3, 0.4) is 0 Å². The van der Waals surface area contributed by atoms with Crippen molar-refractivity contribution in [2.45, 2.75) is 104 Å². The molecule has 0 aliphatic carbocycles. The molecule has 1 atom stereocenters. The molecule has 1 aliphatic rings. The summed E-state index contributed by atoms with van der Waals surface area (Å²) in [6.45, 7) is 16.8. The van der Waals surface area contributed by atoms with E-state index in [4.69, 9.17) is 24.4 Å². The minimum Gasteiger partial charge on any atom is -0.458 e. The van der Waals surface area contributed by atoms with Crippen LogP contribution < -0.4 is 10.6 Å². The number of benzene rings is 1. The number of hydrogen-bond donors (Lipinski definition) is 3. The van der Waals surface area contributed by atoms with Crippen LogP contribution in [0.4, 0.5) is 4.79 Å². The summed E-state index contributed by atoms with van der Waals surface area (Å²) in [5.74, 6) is -1.36. The number of ether oxygens (including phenoxy) is 4. The van der Waals surface area contributed by atoms with Gasteiger partial charge in [-0.05, 0) is 87.3 Å². The second-order valence-electron chi connectivity index (χ2n) is 13.5. The molecule has 0 bridgehead atoms. The number of likely N-dealkylation sites (tertiary alicyclic amines) is 1. The summed E-state index contributed by atoms with van der Waals surface area (Å²) in [5.41, 5.74) is -1.17. The van der Waals surface area contributed by atoms with E-state index in [2.05, 4.69) is 10.6 Å². The highest BCUT2D eigenvalue weighted by atomic mass is 16.6. The smallest absolute Gasteiger partial charge is 0.413 e. The number of esters is 1. The summed E-state index contributed by atoms with van der Waals surface area (Å²) >= 11 is 0. The van der Waals surface area contributed by atoms with Crippen LogP contribution in [0.2, 0.25) is 0 Å². The Balaban J connectivity index is 2.00. The lowest BCUT2D eigenvalue weighted by Crippen LogP contribution is -2.54. The highest BCUT2D eigenvalue weighted by Gasteiger charge is 2.32. The molecule has 3 N–H and O–H groups in total. The third-order valence-electron chi connectivity index (χ3n) is 5.96. The minimum atomic E-state index is -0.933. The number of carbonyl (C=O) groups excluding carboxylic acids is 4. The van der Waals surface area contributed by atoms with E-state index in [1.165, 1.54) is 24.3 Å². The summed E-state index contributed by atoms with van der Waals surface area (Å²) in [6, 6.07) is 5.14. The molecule has 12 heteroatoms. The second kappa shape index (κ2) is 14.8. The van der Waals surface area contributed by atoms with Gasteiger partial charge in [0.15, 0.2) is 0 Å². The fourth-order valence-electron chi connectivity index (χ4n) is 4.04. The molecule has 1 fully saturated rings. The quantitative estimate of drug-likeness (QED) is 0.218. The van der Waals surface area contributed by atoms with Crippen LogP contribution in [0, 0.1) is 5.41 Å². The monoisotopic (exact) mass is 604 g/mol. The summed E-state index contributed by atoms with van der Waals surface area (Å²) in [7, 11) is 0. The van der Waals surface area contributed by atoms with E-state index < -0.39 is 40.8 Å². The molecule has 1 heterocycles. The molecule has 0 radical (unpaired) electrons. The van der Waals surface area contributed by atoms with Crippen molar-refractivity contribution in [1.82, 2.24) is 15.5 Å². The van der Waals surface area contributed by atoms with Gasteiger partial charge in [-0.2, -0.15) is 0 Å². The van der Waals surface area contributed by atoms with E-state index in [-0.39, 0.29) is 36.6 Å². The van der Waals surface area contributed by atoms with E-state index in [1.807, 2.05) is 20.8 Å². The van der Waals surface area contributed by atoms with Crippen molar-refractivity contribution < 1.29 is 38.1 Å². The van der Waals surface area contributed by atoms with Crippen LogP contribution in [0.15, 0.2) is 24.3 Å². The number of rotatable bonds is 9. The Bertz CT molecular complexity index is 1140. The zero-order valence-corrected chi connectivity index (χ0v) is 26.9. The van der Waals surface area contributed by atoms with Crippen molar-refractivity contribution in [3.63, 3.8) is 0 Å².